The van der Waals surface area contributed by atoms with E-state index in [1.807, 2.05) is 0 Å². The number of halogens is 1. The van der Waals surface area contributed by atoms with Gasteiger partial charge in [-0.15, -0.1) is 0 Å². The summed E-state index contributed by atoms with van der Waals surface area (Å²) in [4.78, 5) is 23.8. The first-order valence-corrected chi connectivity index (χ1v) is 8.24. The minimum atomic E-state index is -0.730. The number of carbonyl (C=O) groups is 2. The van der Waals surface area contributed by atoms with Crippen molar-refractivity contribution in [3.05, 3.63) is 35.9 Å². The number of carbonyl (C=O) groups excluding carboxylic acids is 2. The average Bonchev–Trinajstić information content (AvgIpc) is 2.46. The highest BCUT2D eigenvalue weighted by Crippen LogP contribution is 2.14. The van der Waals surface area contributed by atoms with Gasteiger partial charge in [0.15, 0.2) is 0 Å². The molecule has 1 aromatic rings. The van der Waals surface area contributed by atoms with Crippen LogP contribution >= 0.6 is 15.9 Å². The Kier molecular flexibility index (Phi) is 8.12. The summed E-state index contributed by atoms with van der Waals surface area (Å²) >= 11 is 3.15. The number of hydrogen-bond acceptors (Lipinski definition) is 5. The second-order valence-corrected chi connectivity index (χ2v) is 5.83. The molecular weight excluding hydrogens is 352 g/mol. The zero-order valence-corrected chi connectivity index (χ0v) is 14.3. The van der Waals surface area contributed by atoms with Crippen LogP contribution in [0.25, 0.3) is 0 Å². The van der Waals surface area contributed by atoms with E-state index in [2.05, 4.69) is 15.9 Å². The van der Waals surface area contributed by atoms with E-state index in [1.54, 1.807) is 44.2 Å². The van der Waals surface area contributed by atoms with Crippen LogP contribution in [0.1, 0.15) is 37.0 Å². The van der Waals surface area contributed by atoms with Crippen molar-refractivity contribution < 1.29 is 24.2 Å². The summed E-state index contributed by atoms with van der Waals surface area (Å²) in [5.74, 6) is -0.979. The van der Waals surface area contributed by atoms with Gasteiger partial charge in [-0.2, -0.15) is 0 Å². The third-order valence-electron chi connectivity index (χ3n) is 2.76. The molecular formula is C16H21BrO5. The summed E-state index contributed by atoms with van der Waals surface area (Å²) in [6.45, 7) is 3.49. The lowest BCUT2D eigenvalue weighted by molar-refractivity contribution is -0.150. The van der Waals surface area contributed by atoms with Gasteiger partial charge in [-0.3, -0.25) is 4.79 Å². The Morgan fingerprint density at radius 2 is 1.82 bits per heavy atom. The van der Waals surface area contributed by atoms with Gasteiger partial charge in [0.05, 0.1) is 24.2 Å². The van der Waals surface area contributed by atoms with Gasteiger partial charge in [0.2, 0.25) is 0 Å². The van der Waals surface area contributed by atoms with Crippen molar-refractivity contribution in [3.63, 3.8) is 0 Å². The number of aliphatic hydroxyl groups is 1. The monoisotopic (exact) mass is 372 g/mol. The fourth-order valence-corrected chi connectivity index (χ4v) is 2.09. The van der Waals surface area contributed by atoms with E-state index in [1.165, 1.54) is 0 Å². The van der Waals surface area contributed by atoms with Crippen LogP contribution in [0, 0.1) is 0 Å². The molecule has 1 unspecified atom stereocenters. The predicted molar refractivity (Wildman–Crippen MR) is 85.9 cm³/mol. The van der Waals surface area contributed by atoms with Crippen LogP contribution in [-0.2, 0) is 14.3 Å². The van der Waals surface area contributed by atoms with Crippen LogP contribution in [0.5, 0.6) is 0 Å². The summed E-state index contributed by atoms with van der Waals surface area (Å²) in [5, 5.41) is 10.1. The molecule has 0 aliphatic rings. The number of ether oxygens (including phenoxy) is 2. The molecule has 0 heterocycles. The van der Waals surface area contributed by atoms with Gasteiger partial charge >= 0.3 is 11.9 Å². The lowest BCUT2D eigenvalue weighted by atomic mass is 10.1. The molecule has 0 fully saturated rings. The summed E-state index contributed by atoms with van der Waals surface area (Å²) in [6.07, 6.45) is -1.59. The van der Waals surface area contributed by atoms with E-state index in [-0.39, 0.29) is 18.9 Å². The maximum atomic E-state index is 12.1. The molecule has 1 aromatic carbocycles. The zero-order chi connectivity index (χ0) is 16.5. The van der Waals surface area contributed by atoms with Crippen molar-refractivity contribution in [2.45, 2.75) is 45.0 Å². The SMILES string of the molecule is CC(C)OC(=O)C[C@@H](CC(O)CBr)OC(=O)c1ccccc1. The molecule has 0 aliphatic carbocycles. The normalized spacial score (nSPS) is 13.5. The molecule has 5 nitrogen and oxygen atoms in total. The highest BCUT2D eigenvalue weighted by Gasteiger charge is 2.23. The molecule has 0 saturated carbocycles. The van der Waals surface area contributed by atoms with Gasteiger partial charge in [-0.05, 0) is 26.0 Å². The van der Waals surface area contributed by atoms with Gasteiger partial charge in [0.1, 0.15) is 6.10 Å². The van der Waals surface area contributed by atoms with E-state index in [0.29, 0.717) is 10.9 Å². The summed E-state index contributed by atoms with van der Waals surface area (Å²) in [5.41, 5.74) is 0.401. The minimum absolute atomic E-state index is 0.0825. The number of aliphatic hydroxyl groups excluding tert-OH is 1. The third kappa shape index (κ3) is 7.04. The second-order valence-electron chi connectivity index (χ2n) is 5.18. The Balaban J connectivity index is 2.68. The van der Waals surface area contributed by atoms with Gasteiger partial charge in [0, 0.05) is 11.8 Å². The second kappa shape index (κ2) is 9.58. The molecule has 122 valence electrons. The first kappa shape index (κ1) is 18.6. The Morgan fingerprint density at radius 1 is 1.18 bits per heavy atom. The lowest BCUT2D eigenvalue weighted by Gasteiger charge is -2.20. The van der Waals surface area contributed by atoms with Crippen molar-refractivity contribution in [1.29, 1.82) is 0 Å². The average molecular weight is 373 g/mol. The fourth-order valence-electron chi connectivity index (χ4n) is 1.83. The Hall–Kier alpha value is -1.40. The number of alkyl halides is 1. The van der Waals surface area contributed by atoms with Gasteiger partial charge in [-0.1, -0.05) is 34.1 Å². The van der Waals surface area contributed by atoms with Crippen LogP contribution in [0.15, 0.2) is 30.3 Å². The topological polar surface area (TPSA) is 72.8 Å². The quantitative estimate of drug-likeness (QED) is 0.560. The molecule has 1 N–H and O–H groups in total. The van der Waals surface area contributed by atoms with Crippen molar-refractivity contribution in [1.82, 2.24) is 0 Å². The fraction of sp³-hybridized carbons (Fsp3) is 0.500. The highest BCUT2D eigenvalue weighted by molar-refractivity contribution is 9.09. The van der Waals surface area contributed by atoms with Crippen LogP contribution in [0.2, 0.25) is 0 Å². The standard InChI is InChI=1S/C16H21BrO5/c1-11(2)21-15(19)9-14(8-13(18)10-17)22-16(20)12-6-4-3-5-7-12/h3-7,11,13-14,18H,8-10H2,1-2H3/t13?,14-/m1/s1. The van der Waals surface area contributed by atoms with E-state index in [0.717, 1.165) is 0 Å². The van der Waals surface area contributed by atoms with Crippen LogP contribution in [0.3, 0.4) is 0 Å². The summed E-state index contributed by atoms with van der Waals surface area (Å²) in [7, 11) is 0. The molecule has 0 bridgehead atoms. The lowest BCUT2D eigenvalue weighted by Crippen LogP contribution is -2.28. The molecule has 2 atom stereocenters. The predicted octanol–water partition coefficient (Wildman–Crippen LogP) is 2.70. The molecule has 0 radical (unpaired) electrons. The minimum Gasteiger partial charge on any atom is -0.463 e. The molecule has 1 rings (SSSR count). The largest absolute Gasteiger partial charge is 0.463 e. The highest BCUT2D eigenvalue weighted by atomic mass is 79.9. The van der Waals surface area contributed by atoms with Crippen molar-refractivity contribution >= 4 is 27.9 Å². The Bertz CT molecular complexity index is 475. The third-order valence-corrected chi connectivity index (χ3v) is 3.51. The molecule has 0 saturated heterocycles. The number of esters is 2. The van der Waals surface area contributed by atoms with Crippen molar-refractivity contribution in [3.8, 4) is 0 Å². The van der Waals surface area contributed by atoms with Crippen LogP contribution in [-0.4, -0.2) is 40.7 Å². The molecule has 22 heavy (non-hydrogen) atoms. The van der Waals surface area contributed by atoms with Crippen molar-refractivity contribution in [2.24, 2.45) is 0 Å². The van der Waals surface area contributed by atoms with Crippen LogP contribution < -0.4 is 0 Å². The Morgan fingerprint density at radius 3 is 2.36 bits per heavy atom. The molecule has 0 amide bonds. The number of rotatable bonds is 8. The van der Waals surface area contributed by atoms with E-state index < -0.39 is 24.1 Å². The molecule has 0 spiro atoms. The van der Waals surface area contributed by atoms with Gasteiger partial charge in [0.25, 0.3) is 0 Å². The van der Waals surface area contributed by atoms with E-state index in [9.17, 15) is 14.7 Å². The number of hydrogen-bond donors (Lipinski definition) is 1. The first-order chi connectivity index (χ1) is 10.4. The molecule has 0 aromatic heterocycles. The van der Waals surface area contributed by atoms with Gasteiger partial charge < -0.3 is 14.6 Å². The first-order valence-electron chi connectivity index (χ1n) is 7.12. The maximum absolute atomic E-state index is 12.1. The zero-order valence-electron chi connectivity index (χ0n) is 12.7. The summed E-state index contributed by atoms with van der Waals surface area (Å²) in [6, 6.07) is 8.51. The molecule has 6 heteroatoms. The maximum Gasteiger partial charge on any atom is 0.338 e. The summed E-state index contributed by atoms with van der Waals surface area (Å²) < 4.78 is 10.4. The smallest absolute Gasteiger partial charge is 0.338 e. The number of benzene rings is 1. The Labute approximate surface area is 138 Å². The van der Waals surface area contributed by atoms with Crippen molar-refractivity contribution in [2.75, 3.05) is 5.33 Å². The van der Waals surface area contributed by atoms with Crippen LogP contribution in [0.4, 0.5) is 0 Å². The van der Waals surface area contributed by atoms with Gasteiger partial charge in [-0.25, -0.2) is 4.79 Å². The van der Waals surface area contributed by atoms with E-state index in [4.69, 9.17) is 9.47 Å². The van der Waals surface area contributed by atoms with E-state index >= 15 is 0 Å². The molecule has 0 aliphatic heterocycles.